The summed E-state index contributed by atoms with van der Waals surface area (Å²) in [5.74, 6) is 1.01. The number of rotatable bonds is 7. The highest BCUT2D eigenvalue weighted by Gasteiger charge is 2.34. The van der Waals surface area contributed by atoms with Gasteiger partial charge >= 0.3 is 0 Å². The van der Waals surface area contributed by atoms with Crippen molar-refractivity contribution in [3.8, 4) is 0 Å². The van der Waals surface area contributed by atoms with Gasteiger partial charge < -0.3 is 18.6 Å². The van der Waals surface area contributed by atoms with Gasteiger partial charge in [0.25, 0.3) is 5.91 Å². The molecule has 0 aliphatic carbocycles. The second-order valence-electron chi connectivity index (χ2n) is 6.51. The van der Waals surface area contributed by atoms with E-state index in [1.54, 1.807) is 11.0 Å². The van der Waals surface area contributed by atoms with Crippen molar-refractivity contribution in [1.29, 1.82) is 0 Å². The van der Waals surface area contributed by atoms with E-state index in [0.29, 0.717) is 43.5 Å². The molecule has 0 bridgehead atoms. The maximum Gasteiger partial charge on any atom is 0.257 e. The van der Waals surface area contributed by atoms with E-state index in [2.05, 4.69) is 10.1 Å². The molecular formula is C20H21N3O4. The van der Waals surface area contributed by atoms with Crippen molar-refractivity contribution >= 4 is 5.91 Å². The summed E-state index contributed by atoms with van der Waals surface area (Å²) < 4.78 is 16.1. The van der Waals surface area contributed by atoms with Crippen molar-refractivity contribution in [3.63, 3.8) is 0 Å². The maximum atomic E-state index is 12.6. The van der Waals surface area contributed by atoms with Crippen LogP contribution < -0.4 is 0 Å². The van der Waals surface area contributed by atoms with Crippen LogP contribution in [0.2, 0.25) is 0 Å². The number of hydrogen-bond donors (Lipinski definition) is 0. The average molecular weight is 367 g/mol. The molecule has 7 heteroatoms. The Labute approximate surface area is 156 Å². The normalized spacial score (nSPS) is 16.7. The molecule has 0 saturated carbocycles. The predicted octanol–water partition coefficient (Wildman–Crippen LogP) is 3.40. The summed E-state index contributed by atoms with van der Waals surface area (Å²) in [5, 5.41) is 4.04. The zero-order valence-electron chi connectivity index (χ0n) is 14.9. The van der Waals surface area contributed by atoms with Crippen molar-refractivity contribution in [2.45, 2.75) is 31.9 Å². The van der Waals surface area contributed by atoms with Crippen LogP contribution in [0.15, 0.2) is 57.9 Å². The molecule has 0 N–H and O–H groups in total. The van der Waals surface area contributed by atoms with Gasteiger partial charge in [0, 0.05) is 13.0 Å². The van der Waals surface area contributed by atoms with Crippen LogP contribution in [0.5, 0.6) is 0 Å². The zero-order chi connectivity index (χ0) is 18.5. The van der Waals surface area contributed by atoms with Gasteiger partial charge in [-0.3, -0.25) is 4.79 Å². The third-order valence-electron chi connectivity index (χ3n) is 4.63. The molecule has 7 nitrogen and oxygen atoms in total. The molecule has 4 rings (SSSR count). The topological polar surface area (TPSA) is 81.6 Å². The van der Waals surface area contributed by atoms with E-state index in [1.807, 2.05) is 30.3 Å². The zero-order valence-corrected chi connectivity index (χ0v) is 14.9. The number of carbonyl (C=O) groups is 1. The Bertz CT molecular complexity index is 861. The van der Waals surface area contributed by atoms with Crippen LogP contribution in [-0.2, 0) is 17.8 Å². The van der Waals surface area contributed by atoms with Gasteiger partial charge in [0.2, 0.25) is 5.89 Å². The summed E-state index contributed by atoms with van der Waals surface area (Å²) in [5.41, 5.74) is 1.67. The molecule has 0 radical (unpaired) electrons. The van der Waals surface area contributed by atoms with E-state index >= 15 is 0 Å². The first-order valence-electron chi connectivity index (χ1n) is 9.08. The van der Waals surface area contributed by atoms with E-state index in [0.717, 1.165) is 18.4 Å². The van der Waals surface area contributed by atoms with Crippen molar-refractivity contribution in [1.82, 2.24) is 15.0 Å². The van der Waals surface area contributed by atoms with Crippen LogP contribution in [0.1, 0.15) is 46.5 Å². The summed E-state index contributed by atoms with van der Waals surface area (Å²) in [4.78, 5) is 18.8. The van der Waals surface area contributed by atoms with Crippen LogP contribution >= 0.6 is 0 Å². The number of carbonyl (C=O) groups excluding carboxylic acids is 1. The SMILES string of the molecule is O=C(c1ccoc1)N1CCCC1c1nc(CCOCc2ccccc2)no1. The van der Waals surface area contributed by atoms with E-state index in [4.69, 9.17) is 13.7 Å². The average Bonchev–Trinajstić information content (AvgIpc) is 3.47. The second-order valence-corrected chi connectivity index (χ2v) is 6.51. The lowest BCUT2D eigenvalue weighted by Crippen LogP contribution is -2.30. The van der Waals surface area contributed by atoms with E-state index < -0.39 is 0 Å². The molecule has 3 aromatic rings. The molecule has 1 atom stereocenters. The van der Waals surface area contributed by atoms with Gasteiger partial charge in [0.05, 0.1) is 25.0 Å². The standard InChI is InChI=1S/C20H21N3O4/c24-20(16-8-11-26-14-16)23-10-4-7-17(23)19-21-18(22-27-19)9-12-25-13-15-5-2-1-3-6-15/h1-3,5-6,8,11,14,17H,4,7,9-10,12-13H2. The van der Waals surface area contributed by atoms with Crippen LogP contribution in [0.25, 0.3) is 0 Å². The number of ether oxygens (including phenoxy) is 1. The molecule has 1 fully saturated rings. The molecule has 1 saturated heterocycles. The van der Waals surface area contributed by atoms with E-state index in [1.165, 1.54) is 12.5 Å². The minimum absolute atomic E-state index is 0.0720. The monoisotopic (exact) mass is 367 g/mol. The van der Waals surface area contributed by atoms with Crippen molar-refractivity contribution < 1.29 is 18.5 Å². The highest BCUT2D eigenvalue weighted by molar-refractivity contribution is 5.94. The van der Waals surface area contributed by atoms with Crippen molar-refractivity contribution in [2.75, 3.05) is 13.2 Å². The number of furan rings is 1. The fourth-order valence-electron chi connectivity index (χ4n) is 3.25. The summed E-state index contributed by atoms with van der Waals surface area (Å²) in [6.45, 7) is 1.74. The Kier molecular flexibility index (Phi) is 5.29. The summed E-state index contributed by atoms with van der Waals surface area (Å²) >= 11 is 0. The summed E-state index contributed by atoms with van der Waals surface area (Å²) in [7, 11) is 0. The fraction of sp³-hybridized carbons (Fsp3) is 0.350. The molecule has 2 aromatic heterocycles. The number of nitrogens with zero attached hydrogens (tertiary/aromatic N) is 3. The van der Waals surface area contributed by atoms with Gasteiger partial charge in [-0.05, 0) is 24.5 Å². The second kappa shape index (κ2) is 8.18. The van der Waals surface area contributed by atoms with Crippen LogP contribution in [-0.4, -0.2) is 34.1 Å². The summed E-state index contributed by atoms with van der Waals surface area (Å²) in [6.07, 6.45) is 5.25. The maximum absolute atomic E-state index is 12.6. The Morgan fingerprint density at radius 2 is 2.15 bits per heavy atom. The van der Waals surface area contributed by atoms with Gasteiger partial charge in [-0.15, -0.1) is 0 Å². The van der Waals surface area contributed by atoms with E-state index in [9.17, 15) is 4.79 Å². The number of aromatic nitrogens is 2. The molecule has 1 aliphatic heterocycles. The molecule has 3 heterocycles. The third-order valence-corrected chi connectivity index (χ3v) is 4.63. The van der Waals surface area contributed by atoms with Crippen LogP contribution in [0.3, 0.4) is 0 Å². The third kappa shape index (κ3) is 4.09. The smallest absolute Gasteiger partial charge is 0.257 e. The lowest BCUT2D eigenvalue weighted by molar-refractivity contribution is 0.0709. The fourth-order valence-corrected chi connectivity index (χ4v) is 3.25. The molecule has 1 aliphatic rings. The Hall–Kier alpha value is -2.93. The molecule has 140 valence electrons. The van der Waals surface area contributed by atoms with Gasteiger partial charge in [-0.2, -0.15) is 4.98 Å². The highest BCUT2D eigenvalue weighted by Crippen LogP contribution is 2.32. The van der Waals surface area contributed by atoms with Gasteiger partial charge in [0.1, 0.15) is 12.3 Å². The molecular weight excluding hydrogens is 346 g/mol. The largest absolute Gasteiger partial charge is 0.472 e. The molecule has 1 amide bonds. The number of likely N-dealkylation sites (tertiary alicyclic amines) is 1. The predicted molar refractivity (Wildman–Crippen MR) is 95.8 cm³/mol. The molecule has 27 heavy (non-hydrogen) atoms. The Morgan fingerprint density at radius 1 is 1.26 bits per heavy atom. The van der Waals surface area contributed by atoms with Gasteiger partial charge in [-0.25, -0.2) is 0 Å². The van der Waals surface area contributed by atoms with Crippen molar-refractivity contribution in [2.24, 2.45) is 0 Å². The van der Waals surface area contributed by atoms with Gasteiger partial charge in [-0.1, -0.05) is 35.5 Å². The minimum Gasteiger partial charge on any atom is -0.472 e. The molecule has 0 spiro atoms. The Morgan fingerprint density at radius 3 is 2.96 bits per heavy atom. The number of hydrogen-bond acceptors (Lipinski definition) is 6. The van der Waals surface area contributed by atoms with Crippen LogP contribution in [0.4, 0.5) is 0 Å². The first-order valence-corrected chi connectivity index (χ1v) is 9.08. The lowest BCUT2D eigenvalue weighted by atomic mass is 10.2. The molecule has 1 unspecified atom stereocenters. The summed E-state index contributed by atoms with van der Waals surface area (Å²) in [6, 6.07) is 11.5. The van der Waals surface area contributed by atoms with E-state index in [-0.39, 0.29) is 11.9 Å². The lowest BCUT2D eigenvalue weighted by Gasteiger charge is -2.20. The van der Waals surface area contributed by atoms with Crippen LogP contribution in [0, 0.1) is 0 Å². The minimum atomic E-state index is -0.182. The van der Waals surface area contributed by atoms with Gasteiger partial charge in [0.15, 0.2) is 5.82 Å². The number of benzene rings is 1. The highest BCUT2D eigenvalue weighted by atomic mass is 16.5. The first-order chi connectivity index (χ1) is 13.3. The van der Waals surface area contributed by atoms with Crippen molar-refractivity contribution in [3.05, 3.63) is 71.8 Å². The quantitative estimate of drug-likeness (QED) is 0.595. The Balaban J connectivity index is 1.32. The molecule has 1 aromatic carbocycles. The first kappa shape index (κ1) is 17.5. The number of amides is 1.